The van der Waals surface area contributed by atoms with Gasteiger partial charge in [-0.3, -0.25) is 9.59 Å². The SMILES string of the molecule is O=C(O)CCc1cnc(Cc2ccc(Cl)cc2)[nH]c1=O. The first-order valence-electron chi connectivity index (χ1n) is 6.08. The first-order chi connectivity index (χ1) is 9.54. The average molecular weight is 293 g/mol. The number of carboxylic acids is 1. The third-order valence-corrected chi connectivity index (χ3v) is 3.07. The fraction of sp³-hybridized carbons (Fsp3) is 0.214. The molecule has 0 radical (unpaired) electrons. The molecule has 0 spiro atoms. The maximum Gasteiger partial charge on any atom is 0.303 e. The van der Waals surface area contributed by atoms with Crippen LogP contribution in [0.5, 0.6) is 0 Å². The van der Waals surface area contributed by atoms with E-state index in [1.165, 1.54) is 6.20 Å². The molecule has 0 bridgehead atoms. The van der Waals surface area contributed by atoms with Crippen molar-refractivity contribution in [2.45, 2.75) is 19.3 Å². The zero-order valence-corrected chi connectivity index (χ0v) is 11.4. The van der Waals surface area contributed by atoms with E-state index in [9.17, 15) is 9.59 Å². The van der Waals surface area contributed by atoms with Crippen LogP contribution in [0, 0.1) is 0 Å². The lowest BCUT2D eigenvalue weighted by molar-refractivity contribution is -0.136. The Balaban J connectivity index is 2.10. The lowest BCUT2D eigenvalue weighted by atomic mass is 10.1. The minimum Gasteiger partial charge on any atom is -0.481 e. The highest BCUT2D eigenvalue weighted by Gasteiger charge is 2.06. The first-order valence-corrected chi connectivity index (χ1v) is 6.45. The van der Waals surface area contributed by atoms with Gasteiger partial charge in [-0.05, 0) is 24.1 Å². The van der Waals surface area contributed by atoms with Crippen LogP contribution in [0.1, 0.15) is 23.4 Å². The van der Waals surface area contributed by atoms with Crippen LogP contribution in [0.2, 0.25) is 5.02 Å². The van der Waals surface area contributed by atoms with Gasteiger partial charge in [0.2, 0.25) is 0 Å². The Labute approximate surface area is 120 Å². The van der Waals surface area contributed by atoms with Crippen molar-refractivity contribution in [1.82, 2.24) is 9.97 Å². The largest absolute Gasteiger partial charge is 0.481 e. The van der Waals surface area contributed by atoms with Gasteiger partial charge >= 0.3 is 5.97 Å². The van der Waals surface area contributed by atoms with Gasteiger partial charge in [0, 0.05) is 29.6 Å². The second kappa shape index (κ2) is 6.34. The molecule has 5 nitrogen and oxygen atoms in total. The number of aromatic amines is 1. The van der Waals surface area contributed by atoms with Crippen molar-refractivity contribution in [1.29, 1.82) is 0 Å². The van der Waals surface area contributed by atoms with Gasteiger partial charge in [0.1, 0.15) is 5.82 Å². The Hall–Kier alpha value is -2.14. The van der Waals surface area contributed by atoms with Crippen LogP contribution in [0.15, 0.2) is 35.3 Å². The Kier molecular flexibility index (Phi) is 4.53. The first kappa shape index (κ1) is 14.3. The van der Waals surface area contributed by atoms with Gasteiger partial charge in [-0.1, -0.05) is 23.7 Å². The van der Waals surface area contributed by atoms with E-state index >= 15 is 0 Å². The molecule has 20 heavy (non-hydrogen) atoms. The molecular formula is C14H13ClN2O3. The Morgan fingerprint density at radius 1 is 1.30 bits per heavy atom. The highest BCUT2D eigenvalue weighted by atomic mass is 35.5. The summed E-state index contributed by atoms with van der Waals surface area (Å²) in [6.07, 6.45) is 2.03. The minimum atomic E-state index is -0.936. The maximum atomic E-state index is 11.8. The van der Waals surface area contributed by atoms with Crippen molar-refractivity contribution in [2.75, 3.05) is 0 Å². The van der Waals surface area contributed by atoms with Gasteiger partial charge in [0.25, 0.3) is 5.56 Å². The highest BCUT2D eigenvalue weighted by molar-refractivity contribution is 6.30. The van der Waals surface area contributed by atoms with Crippen LogP contribution in [-0.4, -0.2) is 21.0 Å². The molecule has 2 aromatic rings. The summed E-state index contributed by atoms with van der Waals surface area (Å²) in [6, 6.07) is 7.27. The second-order valence-electron chi connectivity index (χ2n) is 4.38. The van der Waals surface area contributed by atoms with Gasteiger partial charge < -0.3 is 10.1 Å². The Bertz CT molecular complexity index is 665. The molecular weight excluding hydrogens is 280 g/mol. The molecule has 1 aromatic heterocycles. The highest BCUT2D eigenvalue weighted by Crippen LogP contribution is 2.11. The molecule has 0 aliphatic carbocycles. The topological polar surface area (TPSA) is 83.0 Å². The van der Waals surface area contributed by atoms with E-state index in [4.69, 9.17) is 16.7 Å². The predicted molar refractivity (Wildman–Crippen MR) is 75.1 cm³/mol. The van der Waals surface area contributed by atoms with Crippen molar-refractivity contribution in [3.63, 3.8) is 0 Å². The van der Waals surface area contributed by atoms with E-state index in [0.717, 1.165) is 5.56 Å². The molecule has 2 rings (SSSR count). The van der Waals surface area contributed by atoms with Gasteiger partial charge in [-0.2, -0.15) is 0 Å². The van der Waals surface area contributed by atoms with Crippen molar-refractivity contribution in [2.24, 2.45) is 0 Å². The molecule has 2 N–H and O–H groups in total. The van der Waals surface area contributed by atoms with E-state index < -0.39 is 5.97 Å². The van der Waals surface area contributed by atoms with E-state index in [-0.39, 0.29) is 18.4 Å². The quantitative estimate of drug-likeness (QED) is 0.883. The normalized spacial score (nSPS) is 10.4. The number of H-pyrrole nitrogens is 1. The number of rotatable bonds is 5. The van der Waals surface area contributed by atoms with Crippen LogP contribution in [0.4, 0.5) is 0 Å². The maximum absolute atomic E-state index is 11.8. The number of carbonyl (C=O) groups is 1. The van der Waals surface area contributed by atoms with Crippen molar-refractivity contribution >= 4 is 17.6 Å². The van der Waals surface area contributed by atoms with Gasteiger partial charge in [-0.25, -0.2) is 4.98 Å². The number of nitrogens with one attached hydrogen (secondary N) is 1. The van der Waals surface area contributed by atoms with Crippen LogP contribution >= 0.6 is 11.6 Å². The number of carboxylic acid groups (broad SMARTS) is 1. The zero-order chi connectivity index (χ0) is 14.5. The average Bonchev–Trinajstić information content (AvgIpc) is 2.40. The lowest BCUT2D eigenvalue weighted by Gasteiger charge is -2.03. The Morgan fingerprint density at radius 2 is 2.00 bits per heavy atom. The summed E-state index contributed by atoms with van der Waals surface area (Å²) in [5.74, 6) is -0.397. The van der Waals surface area contributed by atoms with Crippen LogP contribution in [0.3, 0.4) is 0 Å². The second-order valence-corrected chi connectivity index (χ2v) is 4.82. The molecule has 0 aliphatic rings. The summed E-state index contributed by atoms with van der Waals surface area (Å²) in [6.45, 7) is 0. The molecule has 0 fully saturated rings. The summed E-state index contributed by atoms with van der Waals surface area (Å²) in [5.41, 5.74) is 1.08. The fourth-order valence-corrected chi connectivity index (χ4v) is 1.89. The Morgan fingerprint density at radius 3 is 2.60 bits per heavy atom. The minimum absolute atomic E-state index is 0.0821. The summed E-state index contributed by atoms with van der Waals surface area (Å²) >= 11 is 5.80. The molecule has 1 heterocycles. The zero-order valence-electron chi connectivity index (χ0n) is 10.6. The van der Waals surface area contributed by atoms with Gasteiger partial charge in [0.05, 0.1) is 0 Å². The number of hydrogen-bond donors (Lipinski definition) is 2. The van der Waals surface area contributed by atoms with Gasteiger partial charge in [0.15, 0.2) is 0 Å². The molecule has 6 heteroatoms. The van der Waals surface area contributed by atoms with E-state index in [2.05, 4.69) is 9.97 Å². The molecule has 104 valence electrons. The lowest BCUT2D eigenvalue weighted by Crippen LogP contribution is -2.17. The molecule has 0 aliphatic heterocycles. The molecule has 0 atom stereocenters. The summed E-state index contributed by atoms with van der Waals surface area (Å²) in [7, 11) is 0. The summed E-state index contributed by atoms with van der Waals surface area (Å²) < 4.78 is 0. The number of aryl methyl sites for hydroxylation is 1. The molecule has 1 aromatic carbocycles. The summed E-state index contributed by atoms with van der Waals surface area (Å²) in [5, 5.41) is 9.25. The van der Waals surface area contributed by atoms with E-state index in [1.807, 2.05) is 12.1 Å². The fourth-order valence-electron chi connectivity index (χ4n) is 1.76. The van der Waals surface area contributed by atoms with Crippen molar-refractivity contribution < 1.29 is 9.90 Å². The number of nitrogens with zero attached hydrogens (tertiary/aromatic N) is 1. The number of hydrogen-bond acceptors (Lipinski definition) is 3. The summed E-state index contributed by atoms with van der Waals surface area (Å²) in [4.78, 5) is 29.1. The van der Waals surface area contributed by atoms with Crippen molar-refractivity contribution in [3.05, 3.63) is 62.8 Å². The number of aromatic nitrogens is 2. The number of benzene rings is 1. The van der Waals surface area contributed by atoms with Gasteiger partial charge in [-0.15, -0.1) is 0 Å². The third kappa shape index (κ3) is 3.93. The monoisotopic (exact) mass is 292 g/mol. The number of aliphatic carboxylic acids is 1. The molecule has 0 unspecified atom stereocenters. The predicted octanol–water partition coefficient (Wildman–Crippen LogP) is 2.03. The standard InChI is InChI=1S/C14H13ClN2O3/c15-11-4-1-9(2-5-11)7-12-16-8-10(14(20)17-12)3-6-13(18)19/h1-2,4-5,8H,3,6-7H2,(H,18,19)(H,16,17,20). The van der Waals surface area contributed by atoms with E-state index in [0.29, 0.717) is 22.8 Å². The van der Waals surface area contributed by atoms with E-state index in [1.54, 1.807) is 12.1 Å². The van der Waals surface area contributed by atoms with Crippen LogP contribution < -0.4 is 5.56 Å². The number of halogens is 1. The molecule has 0 amide bonds. The van der Waals surface area contributed by atoms with Crippen LogP contribution in [0.25, 0.3) is 0 Å². The smallest absolute Gasteiger partial charge is 0.303 e. The molecule has 0 saturated carbocycles. The van der Waals surface area contributed by atoms with Crippen LogP contribution in [-0.2, 0) is 17.6 Å². The van der Waals surface area contributed by atoms with Crippen molar-refractivity contribution in [3.8, 4) is 0 Å². The third-order valence-electron chi connectivity index (χ3n) is 2.82. The molecule has 0 saturated heterocycles.